The third-order valence-electron chi connectivity index (χ3n) is 4.85. The van der Waals surface area contributed by atoms with Crippen molar-refractivity contribution in [2.75, 3.05) is 11.5 Å². The van der Waals surface area contributed by atoms with Crippen LogP contribution in [0.15, 0.2) is 41.1 Å². The zero-order chi connectivity index (χ0) is 17.4. The van der Waals surface area contributed by atoms with Crippen LogP contribution in [0.2, 0.25) is 0 Å². The van der Waals surface area contributed by atoms with Crippen molar-refractivity contribution in [3.8, 4) is 0 Å². The summed E-state index contributed by atoms with van der Waals surface area (Å²) in [6, 6.07) is 9.30. The summed E-state index contributed by atoms with van der Waals surface area (Å²) in [6.45, 7) is 0.372. The molecule has 1 atom stereocenters. The largest absolute Gasteiger partial charge is 0.447 e. The molecule has 6 nitrogen and oxygen atoms in total. The molecule has 2 aliphatic rings. The first-order valence-corrected chi connectivity index (χ1v) is 10.3. The van der Waals surface area contributed by atoms with E-state index in [9.17, 15) is 13.2 Å². The number of sulfone groups is 1. The SMILES string of the molecule is O=C(c1ncoc1C1CC1)N(Cc1ccccc1)C1CCS(=O)(=O)C1. The Labute approximate surface area is 146 Å². The van der Waals surface area contributed by atoms with Crippen LogP contribution < -0.4 is 0 Å². The zero-order valence-corrected chi connectivity index (χ0v) is 14.6. The van der Waals surface area contributed by atoms with Crippen molar-refractivity contribution in [3.05, 3.63) is 53.7 Å². The van der Waals surface area contributed by atoms with Crippen LogP contribution in [-0.4, -0.2) is 41.8 Å². The minimum absolute atomic E-state index is 0.0161. The summed E-state index contributed by atoms with van der Waals surface area (Å²) in [5.41, 5.74) is 1.30. The maximum Gasteiger partial charge on any atom is 0.276 e. The van der Waals surface area contributed by atoms with Crippen molar-refractivity contribution >= 4 is 15.7 Å². The van der Waals surface area contributed by atoms with E-state index in [0.717, 1.165) is 18.4 Å². The third kappa shape index (κ3) is 3.46. The molecule has 1 aliphatic heterocycles. The van der Waals surface area contributed by atoms with Gasteiger partial charge in [-0.3, -0.25) is 4.79 Å². The van der Waals surface area contributed by atoms with Gasteiger partial charge in [0.25, 0.3) is 5.91 Å². The molecule has 0 radical (unpaired) electrons. The molecule has 1 aromatic heterocycles. The molecule has 2 heterocycles. The van der Waals surface area contributed by atoms with Crippen molar-refractivity contribution < 1.29 is 17.6 Å². The number of carbonyl (C=O) groups is 1. The number of rotatable bonds is 5. The number of hydrogen-bond acceptors (Lipinski definition) is 5. The highest BCUT2D eigenvalue weighted by molar-refractivity contribution is 7.91. The lowest BCUT2D eigenvalue weighted by Crippen LogP contribution is -2.41. The topological polar surface area (TPSA) is 80.5 Å². The predicted octanol–water partition coefficient (Wildman–Crippen LogP) is 2.38. The quantitative estimate of drug-likeness (QED) is 0.818. The molecule has 25 heavy (non-hydrogen) atoms. The summed E-state index contributed by atoms with van der Waals surface area (Å²) in [5, 5.41) is 0. The van der Waals surface area contributed by atoms with Gasteiger partial charge in [0.15, 0.2) is 21.9 Å². The maximum absolute atomic E-state index is 13.2. The Kier molecular flexibility index (Phi) is 4.11. The summed E-state index contributed by atoms with van der Waals surface area (Å²) in [6.07, 6.45) is 3.79. The van der Waals surface area contributed by atoms with Crippen LogP contribution in [0.4, 0.5) is 0 Å². The van der Waals surface area contributed by atoms with Gasteiger partial charge in [0.05, 0.1) is 11.5 Å². The summed E-state index contributed by atoms with van der Waals surface area (Å²) in [4.78, 5) is 19.0. The summed E-state index contributed by atoms with van der Waals surface area (Å²) in [5.74, 6) is 0.824. The Morgan fingerprint density at radius 2 is 1.96 bits per heavy atom. The van der Waals surface area contributed by atoms with Crippen LogP contribution in [0.5, 0.6) is 0 Å². The summed E-state index contributed by atoms with van der Waals surface area (Å²) in [7, 11) is -3.09. The predicted molar refractivity (Wildman–Crippen MR) is 91.9 cm³/mol. The molecule has 0 spiro atoms. The fraction of sp³-hybridized carbons (Fsp3) is 0.444. The fourth-order valence-electron chi connectivity index (χ4n) is 3.36. The Morgan fingerprint density at radius 3 is 2.60 bits per heavy atom. The number of hydrogen-bond donors (Lipinski definition) is 0. The van der Waals surface area contributed by atoms with Crippen LogP contribution in [-0.2, 0) is 16.4 Å². The van der Waals surface area contributed by atoms with E-state index in [2.05, 4.69) is 4.98 Å². The lowest BCUT2D eigenvalue weighted by molar-refractivity contribution is 0.0673. The molecule has 0 bridgehead atoms. The molecule has 1 saturated heterocycles. The molecule has 7 heteroatoms. The van der Waals surface area contributed by atoms with Crippen LogP contribution in [0, 0.1) is 0 Å². The van der Waals surface area contributed by atoms with Crippen LogP contribution >= 0.6 is 0 Å². The van der Waals surface area contributed by atoms with Gasteiger partial charge in [-0.15, -0.1) is 0 Å². The van der Waals surface area contributed by atoms with Crippen molar-refractivity contribution in [2.24, 2.45) is 0 Å². The highest BCUT2D eigenvalue weighted by atomic mass is 32.2. The molecule has 0 N–H and O–H groups in total. The second-order valence-electron chi connectivity index (χ2n) is 6.82. The van der Waals surface area contributed by atoms with Crippen molar-refractivity contribution in [2.45, 2.75) is 37.8 Å². The van der Waals surface area contributed by atoms with E-state index in [1.807, 2.05) is 30.3 Å². The molecular weight excluding hydrogens is 340 g/mol. The number of nitrogens with zero attached hydrogens (tertiary/aromatic N) is 2. The maximum atomic E-state index is 13.2. The van der Waals surface area contributed by atoms with Crippen molar-refractivity contribution in [1.82, 2.24) is 9.88 Å². The number of aromatic nitrogens is 1. The minimum Gasteiger partial charge on any atom is -0.447 e. The van der Waals surface area contributed by atoms with Crippen LogP contribution in [0.1, 0.15) is 47.0 Å². The van der Waals surface area contributed by atoms with Gasteiger partial charge in [-0.2, -0.15) is 0 Å². The Morgan fingerprint density at radius 1 is 1.20 bits per heavy atom. The summed E-state index contributed by atoms with van der Waals surface area (Å²) < 4.78 is 29.3. The van der Waals surface area contributed by atoms with E-state index in [1.165, 1.54) is 6.39 Å². The second-order valence-corrected chi connectivity index (χ2v) is 9.04. The number of oxazole rings is 1. The first-order valence-electron chi connectivity index (χ1n) is 8.52. The van der Waals surface area contributed by atoms with Gasteiger partial charge in [-0.25, -0.2) is 13.4 Å². The normalized spacial score (nSPS) is 22.0. The standard InChI is InChI=1S/C18H20N2O4S/c21-18(16-17(14-6-7-14)24-12-19-16)20(10-13-4-2-1-3-5-13)15-8-9-25(22,23)11-15/h1-5,12,14-15H,6-11H2. The highest BCUT2D eigenvalue weighted by Crippen LogP contribution is 2.42. The van der Waals surface area contributed by atoms with Crippen molar-refractivity contribution in [3.63, 3.8) is 0 Å². The van der Waals surface area contributed by atoms with Gasteiger partial charge in [0.1, 0.15) is 5.76 Å². The van der Waals surface area contributed by atoms with E-state index >= 15 is 0 Å². The monoisotopic (exact) mass is 360 g/mol. The summed E-state index contributed by atoms with van der Waals surface area (Å²) >= 11 is 0. The van der Waals surface area contributed by atoms with Gasteiger partial charge in [0, 0.05) is 18.5 Å². The van der Waals surface area contributed by atoms with Crippen LogP contribution in [0.3, 0.4) is 0 Å². The van der Waals surface area contributed by atoms with Gasteiger partial charge >= 0.3 is 0 Å². The first kappa shape index (κ1) is 16.3. The first-order chi connectivity index (χ1) is 12.0. The van der Waals surface area contributed by atoms with Crippen LogP contribution in [0.25, 0.3) is 0 Å². The molecule has 1 aromatic carbocycles. The Hall–Kier alpha value is -2.15. The zero-order valence-electron chi connectivity index (χ0n) is 13.8. The Bertz CT molecular complexity index is 871. The van der Waals surface area contributed by atoms with Gasteiger partial charge in [0.2, 0.25) is 0 Å². The fourth-order valence-corrected chi connectivity index (χ4v) is 5.09. The molecular formula is C18H20N2O4S. The van der Waals surface area contributed by atoms with Gasteiger partial charge in [-0.05, 0) is 24.8 Å². The van der Waals surface area contributed by atoms with E-state index < -0.39 is 9.84 Å². The van der Waals surface area contributed by atoms with E-state index in [-0.39, 0.29) is 29.4 Å². The third-order valence-corrected chi connectivity index (χ3v) is 6.60. The number of benzene rings is 1. The molecule has 1 amide bonds. The molecule has 132 valence electrons. The molecule has 1 unspecified atom stereocenters. The minimum atomic E-state index is -3.09. The second kappa shape index (κ2) is 6.29. The van der Waals surface area contributed by atoms with E-state index in [1.54, 1.807) is 4.90 Å². The lowest BCUT2D eigenvalue weighted by Gasteiger charge is -2.28. The van der Waals surface area contributed by atoms with Gasteiger partial charge in [-0.1, -0.05) is 30.3 Å². The molecule has 1 aliphatic carbocycles. The Balaban J connectivity index is 1.64. The smallest absolute Gasteiger partial charge is 0.276 e. The number of carbonyl (C=O) groups excluding carboxylic acids is 1. The molecule has 4 rings (SSSR count). The van der Waals surface area contributed by atoms with Crippen molar-refractivity contribution in [1.29, 1.82) is 0 Å². The van der Waals surface area contributed by atoms with E-state index in [0.29, 0.717) is 24.4 Å². The highest BCUT2D eigenvalue weighted by Gasteiger charge is 2.39. The van der Waals surface area contributed by atoms with E-state index in [4.69, 9.17) is 4.42 Å². The number of amides is 1. The van der Waals surface area contributed by atoms with Gasteiger partial charge < -0.3 is 9.32 Å². The molecule has 2 fully saturated rings. The lowest BCUT2D eigenvalue weighted by atomic mass is 10.1. The average molecular weight is 360 g/mol. The average Bonchev–Trinajstić information content (AvgIpc) is 3.21. The molecule has 1 saturated carbocycles. The molecule has 2 aromatic rings.